The molecule has 1 aliphatic heterocycles. The zero-order valence-electron chi connectivity index (χ0n) is 19.5. The van der Waals surface area contributed by atoms with Crippen LogP contribution in [0.25, 0.3) is 10.8 Å². The fourth-order valence-electron chi connectivity index (χ4n) is 4.62. The molecule has 0 atom stereocenters. The number of anilines is 1. The van der Waals surface area contributed by atoms with E-state index in [1.807, 2.05) is 55.5 Å². The van der Waals surface area contributed by atoms with Gasteiger partial charge < -0.3 is 19.7 Å². The van der Waals surface area contributed by atoms with E-state index in [1.54, 1.807) is 0 Å². The van der Waals surface area contributed by atoms with Crippen molar-refractivity contribution in [2.24, 2.45) is 0 Å². The number of imidazole rings is 1. The number of amides is 1. The number of rotatable bonds is 5. The fourth-order valence-corrected chi connectivity index (χ4v) is 5.03. The third-order valence-corrected chi connectivity index (χ3v) is 6.69. The van der Waals surface area contributed by atoms with Gasteiger partial charge in [-0.2, -0.15) is 0 Å². The Labute approximate surface area is 208 Å². The third-order valence-electron chi connectivity index (χ3n) is 6.19. The van der Waals surface area contributed by atoms with Crippen LogP contribution in [0.2, 0.25) is 0 Å². The summed E-state index contributed by atoms with van der Waals surface area (Å²) in [6.45, 7) is 3.41. The van der Waals surface area contributed by atoms with Crippen LogP contribution in [0.4, 0.5) is 5.69 Å². The van der Waals surface area contributed by atoms with Crippen molar-refractivity contribution in [3.8, 4) is 0 Å². The molecule has 0 bridgehead atoms. The number of H-pyrrole nitrogens is 1. The highest BCUT2D eigenvalue weighted by Crippen LogP contribution is 2.30. The zero-order valence-corrected chi connectivity index (χ0v) is 21.0. The van der Waals surface area contributed by atoms with Gasteiger partial charge in [-0.15, -0.1) is 0 Å². The van der Waals surface area contributed by atoms with Gasteiger partial charge in [-0.1, -0.05) is 52.3 Å². The van der Waals surface area contributed by atoms with E-state index in [0.717, 1.165) is 56.7 Å². The first-order valence-corrected chi connectivity index (χ1v) is 12.3. The number of hydrogen-bond acceptors (Lipinski definition) is 4. The summed E-state index contributed by atoms with van der Waals surface area (Å²) in [6, 6.07) is 20.4. The zero-order chi connectivity index (χ0) is 23.7. The van der Waals surface area contributed by atoms with Crippen LogP contribution in [-0.4, -0.2) is 52.9 Å². The van der Waals surface area contributed by atoms with Crippen LogP contribution in [0.3, 0.4) is 0 Å². The summed E-state index contributed by atoms with van der Waals surface area (Å²) in [6.07, 6.45) is 1.99. The van der Waals surface area contributed by atoms with Gasteiger partial charge in [-0.05, 0) is 54.7 Å². The van der Waals surface area contributed by atoms with Crippen molar-refractivity contribution in [2.45, 2.75) is 19.6 Å². The van der Waals surface area contributed by atoms with Crippen LogP contribution < -0.4 is 4.90 Å². The third kappa shape index (κ3) is 4.72. The summed E-state index contributed by atoms with van der Waals surface area (Å²) in [5.41, 5.74) is 4.03. The summed E-state index contributed by atoms with van der Waals surface area (Å²) in [5.74, 6) is 1.02. The Morgan fingerprint density at radius 3 is 2.76 bits per heavy atom. The van der Waals surface area contributed by atoms with E-state index < -0.39 is 0 Å². The number of nitrogens with one attached hydrogen (secondary N) is 1. The lowest BCUT2D eigenvalue weighted by atomic mass is 10.0. The van der Waals surface area contributed by atoms with E-state index in [0.29, 0.717) is 19.6 Å². The molecular weight excluding hydrogens is 490 g/mol. The van der Waals surface area contributed by atoms with Gasteiger partial charge in [0.2, 0.25) is 0 Å². The minimum absolute atomic E-state index is 0.0672. The number of carbonyl (C=O) groups is 1. The van der Waals surface area contributed by atoms with Crippen molar-refractivity contribution in [2.75, 3.05) is 32.1 Å². The van der Waals surface area contributed by atoms with Crippen LogP contribution in [0.5, 0.6) is 0 Å². The molecule has 1 N–H and O–H groups in total. The second-order valence-electron chi connectivity index (χ2n) is 9.02. The number of aromatic amines is 1. The highest BCUT2D eigenvalue weighted by Gasteiger charge is 2.25. The SMILES string of the molecule is CN(C)Cc1nc(CN2CCN(C(=O)c3cccc4ccccc34)Cc3cc(Br)ccc32)c[nH]1. The average Bonchev–Trinajstić information content (AvgIpc) is 3.17. The summed E-state index contributed by atoms with van der Waals surface area (Å²) < 4.78 is 1.01. The second kappa shape index (κ2) is 9.60. The molecule has 2 heterocycles. The molecule has 4 aromatic rings. The molecular formula is C27H28BrN5O. The molecule has 5 rings (SSSR count). The lowest BCUT2D eigenvalue weighted by molar-refractivity contribution is 0.0753. The second-order valence-corrected chi connectivity index (χ2v) is 9.94. The monoisotopic (exact) mass is 517 g/mol. The van der Waals surface area contributed by atoms with E-state index in [4.69, 9.17) is 4.98 Å². The molecule has 0 aliphatic carbocycles. The Morgan fingerprint density at radius 1 is 1.09 bits per heavy atom. The maximum Gasteiger partial charge on any atom is 0.254 e. The Morgan fingerprint density at radius 2 is 1.91 bits per heavy atom. The first-order chi connectivity index (χ1) is 16.5. The van der Waals surface area contributed by atoms with E-state index >= 15 is 0 Å². The van der Waals surface area contributed by atoms with Crippen molar-refractivity contribution in [1.29, 1.82) is 0 Å². The smallest absolute Gasteiger partial charge is 0.254 e. The van der Waals surface area contributed by atoms with E-state index in [-0.39, 0.29) is 5.91 Å². The predicted molar refractivity (Wildman–Crippen MR) is 140 cm³/mol. The largest absolute Gasteiger partial charge is 0.364 e. The predicted octanol–water partition coefficient (Wildman–Crippen LogP) is 5.05. The minimum Gasteiger partial charge on any atom is -0.364 e. The summed E-state index contributed by atoms with van der Waals surface area (Å²) in [4.78, 5) is 28.2. The van der Waals surface area contributed by atoms with Gasteiger partial charge in [-0.3, -0.25) is 4.79 Å². The van der Waals surface area contributed by atoms with Crippen molar-refractivity contribution < 1.29 is 4.79 Å². The van der Waals surface area contributed by atoms with Gasteiger partial charge in [0.05, 0.1) is 18.8 Å². The number of halogens is 1. The molecule has 1 aromatic heterocycles. The van der Waals surface area contributed by atoms with Crippen molar-refractivity contribution in [3.63, 3.8) is 0 Å². The van der Waals surface area contributed by atoms with Crippen molar-refractivity contribution >= 4 is 38.3 Å². The molecule has 0 fully saturated rings. The first-order valence-electron chi connectivity index (χ1n) is 11.5. The lowest BCUT2D eigenvalue weighted by Gasteiger charge is -2.24. The van der Waals surface area contributed by atoms with Crippen LogP contribution in [0.1, 0.15) is 27.4 Å². The van der Waals surface area contributed by atoms with Gasteiger partial charge in [0.1, 0.15) is 5.82 Å². The van der Waals surface area contributed by atoms with E-state index in [9.17, 15) is 4.79 Å². The Hall–Kier alpha value is -3.16. The number of fused-ring (bicyclic) bond motifs is 2. The number of carbonyl (C=O) groups excluding carboxylic acids is 1. The van der Waals surface area contributed by atoms with Crippen molar-refractivity contribution in [1.82, 2.24) is 19.8 Å². The molecule has 34 heavy (non-hydrogen) atoms. The lowest BCUT2D eigenvalue weighted by Crippen LogP contribution is -2.35. The molecule has 0 saturated heterocycles. The molecule has 7 heteroatoms. The van der Waals surface area contributed by atoms with Gasteiger partial charge in [0.15, 0.2) is 0 Å². The van der Waals surface area contributed by atoms with Crippen LogP contribution in [0, 0.1) is 0 Å². The van der Waals surface area contributed by atoms with Gasteiger partial charge in [0.25, 0.3) is 5.91 Å². The Balaban J connectivity index is 1.43. The molecule has 0 unspecified atom stereocenters. The average molecular weight is 518 g/mol. The highest BCUT2D eigenvalue weighted by atomic mass is 79.9. The topological polar surface area (TPSA) is 55.5 Å². The van der Waals surface area contributed by atoms with Crippen molar-refractivity contribution in [3.05, 3.63) is 94.0 Å². The normalized spacial score (nSPS) is 13.9. The molecule has 1 amide bonds. The summed E-state index contributed by atoms with van der Waals surface area (Å²) >= 11 is 3.62. The number of benzene rings is 3. The molecule has 1 aliphatic rings. The fraction of sp³-hybridized carbons (Fsp3) is 0.259. The van der Waals surface area contributed by atoms with Crippen LogP contribution in [0.15, 0.2) is 71.3 Å². The summed E-state index contributed by atoms with van der Waals surface area (Å²) in [5, 5.41) is 2.08. The maximum absolute atomic E-state index is 13.7. The molecule has 3 aromatic carbocycles. The van der Waals surface area contributed by atoms with E-state index in [1.165, 1.54) is 0 Å². The molecule has 6 nitrogen and oxygen atoms in total. The Kier molecular flexibility index (Phi) is 6.39. The van der Waals surface area contributed by atoms with Gasteiger partial charge >= 0.3 is 0 Å². The first kappa shape index (κ1) is 22.6. The van der Waals surface area contributed by atoms with Gasteiger partial charge in [-0.25, -0.2) is 4.98 Å². The van der Waals surface area contributed by atoms with E-state index in [2.05, 4.69) is 61.0 Å². The number of hydrogen-bond donors (Lipinski definition) is 1. The maximum atomic E-state index is 13.7. The Bertz CT molecular complexity index is 1330. The summed E-state index contributed by atoms with van der Waals surface area (Å²) in [7, 11) is 4.07. The molecule has 0 spiro atoms. The van der Waals surface area contributed by atoms with Gasteiger partial charge in [0, 0.05) is 41.6 Å². The molecule has 0 radical (unpaired) electrons. The molecule has 174 valence electrons. The molecule has 0 saturated carbocycles. The standard InChI is InChI=1S/C27H28BrN5O/c1-31(2)18-26-29-15-22(30-26)17-32-12-13-33(16-20-14-21(28)10-11-25(20)32)27(34)24-9-5-7-19-6-3-4-8-23(19)24/h3-11,14-15H,12-13,16-18H2,1-2H3,(H,29,30). The highest BCUT2D eigenvalue weighted by molar-refractivity contribution is 9.10. The number of aromatic nitrogens is 2. The minimum atomic E-state index is 0.0672. The van der Waals surface area contributed by atoms with Crippen LogP contribution in [-0.2, 0) is 19.6 Å². The quantitative estimate of drug-likeness (QED) is 0.402. The number of nitrogens with zero attached hydrogens (tertiary/aromatic N) is 4. The van der Waals surface area contributed by atoms with Crippen LogP contribution >= 0.6 is 15.9 Å².